The fourth-order valence-electron chi connectivity index (χ4n) is 4.98. The number of hydrogen-bond acceptors (Lipinski definition) is 5. The first kappa shape index (κ1) is 17.3. The van der Waals surface area contributed by atoms with Crippen LogP contribution in [-0.2, 0) is 0 Å². The predicted molar refractivity (Wildman–Crippen MR) is 113 cm³/mol. The third-order valence-electron chi connectivity index (χ3n) is 6.26. The molecule has 2 aromatic carbocycles. The summed E-state index contributed by atoms with van der Waals surface area (Å²) >= 11 is 1.85. The minimum atomic E-state index is 0.662. The van der Waals surface area contributed by atoms with Crippen molar-refractivity contribution in [3.05, 3.63) is 36.4 Å². The number of benzene rings is 2. The lowest BCUT2D eigenvalue weighted by Gasteiger charge is -2.58. The first-order valence-electron chi connectivity index (χ1n) is 9.81. The molecule has 0 aromatic heterocycles. The number of piperidine rings is 1. The minimum absolute atomic E-state index is 0.662. The van der Waals surface area contributed by atoms with Gasteiger partial charge in [-0.3, -0.25) is 4.90 Å². The van der Waals surface area contributed by atoms with E-state index in [1.165, 1.54) is 33.3 Å². The number of methoxy groups -OCH3 is 1. The molecule has 2 bridgehead atoms. The Kier molecular flexibility index (Phi) is 4.06. The van der Waals surface area contributed by atoms with E-state index in [-0.39, 0.29) is 0 Å². The molecule has 0 radical (unpaired) electrons. The topological polar surface area (TPSA) is 19.0 Å². The number of fused-ring (bicyclic) bond motifs is 4. The summed E-state index contributed by atoms with van der Waals surface area (Å²) in [5.74, 6) is 0.916. The molecule has 0 aliphatic carbocycles. The van der Waals surface area contributed by atoms with Gasteiger partial charge in [-0.25, -0.2) is 0 Å². The molecule has 5 heteroatoms. The van der Waals surface area contributed by atoms with Crippen LogP contribution in [0.25, 0.3) is 0 Å². The fraction of sp³-hybridized carbons (Fsp3) is 0.455. The van der Waals surface area contributed by atoms with Crippen LogP contribution in [0.5, 0.6) is 5.75 Å². The zero-order valence-corrected chi connectivity index (χ0v) is 17.3. The molecule has 6 rings (SSSR count). The van der Waals surface area contributed by atoms with Crippen LogP contribution in [0.1, 0.15) is 20.3 Å². The Morgan fingerprint density at radius 2 is 1.67 bits per heavy atom. The van der Waals surface area contributed by atoms with Crippen molar-refractivity contribution in [2.45, 2.75) is 48.2 Å². The SMILES string of the molecule is COc1ccc2c(c1)Sc1cc(N3C[C@H]4C[C@@H](C3)N4C(C)C)ccc1N2C. The van der Waals surface area contributed by atoms with E-state index >= 15 is 0 Å². The summed E-state index contributed by atoms with van der Waals surface area (Å²) in [5, 5.41) is 0. The smallest absolute Gasteiger partial charge is 0.120 e. The number of nitrogens with zero attached hydrogens (tertiary/aromatic N) is 3. The average molecular weight is 382 g/mol. The summed E-state index contributed by atoms with van der Waals surface area (Å²) < 4.78 is 5.42. The molecule has 0 amide bonds. The highest BCUT2D eigenvalue weighted by Gasteiger charge is 2.45. The van der Waals surface area contributed by atoms with Gasteiger partial charge in [0.2, 0.25) is 0 Å². The van der Waals surface area contributed by atoms with Gasteiger partial charge in [0.25, 0.3) is 0 Å². The summed E-state index contributed by atoms with van der Waals surface area (Å²) in [6.45, 7) is 6.95. The second kappa shape index (κ2) is 6.35. The Morgan fingerprint density at radius 1 is 1.00 bits per heavy atom. The van der Waals surface area contributed by atoms with E-state index in [1.54, 1.807) is 7.11 Å². The van der Waals surface area contributed by atoms with E-state index in [1.807, 2.05) is 17.8 Å². The molecule has 0 unspecified atom stereocenters. The maximum absolute atomic E-state index is 5.42. The van der Waals surface area contributed by atoms with Gasteiger partial charge in [0.05, 0.1) is 18.5 Å². The minimum Gasteiger partial charge on any atom is -0.497 e. The van der Waals surface area contributed by atoms with Crippen molar-refractivity contribution < 1.29 is 4.74 Å². The maximum atomic E-state index is 5.42. The van der Waals surface area contributed by atoms with Gasteiger partial charge in [-0.05, 0) is 56.7 Å². The Morgan fingerprint density at radius 3 is 2.33 bits per heavy atom. The number of ether oxygens (including phenoxy) is 1. The molecular formula is C22H27N3OS. The molecular weight excluding hydrogens is 354 g/mol. The zero-order valence-electron chi connectivity index (χ0n) is 16.5. The number of piperazine rings is 1. The lowest BCUT2D eigenvalue weighted by atomic mass is 9.85. The molecule has 3 saturated heterocycles. The van der Waals surface area contributed by atoms with Crippen molar-refractivity contribution in [3.8, 4) is 5.75 Å². The molecule has 4 nitrogen and oxygen atoms in total. The molecule has 2 aromatic rings. The summed E-state index contributed by atoms with van der Waals surface area (Å²) in [6, 6.07) is 15.4. The van der Waals surface area contributed by atoms with Crippen LogP contribution in [0.3, 0.4) is 0 Å². The van der Waals surface area contributed by atoms with Crippen LogP contribution in [0.2, 0.25) is 0 Å². The Bertz CT molecular complexity index is 872. The van der Waals surface area contributed by atoms with Gasteiger partial charge < -0.3 is 14.5 Å². The highest BCUT2D eigenvalue weighted by molar-refractivity contribution is 7.99. The first-order chi connectivity index (χ1) is 13.0. The van der Waals surface area contributed by atoms with Gasteiger partial charge in [-0.15, -0.1) is 0 Å². The van der Waals surface area contributed by atoms with Gasteiger partial charge >= 0.3 is 0 Å². The standard InChI is InChI=1S/C22H27N3OS/c1-14(2)25-16-9-17(25)13-24(12-16)15-5-7-19-21(10-15)27-22-11-18(26-4)6-8-20(22)23(19)3/h5-8,10-11,14,16-17H,9,12-13H2,1-4H3/t16-,17+. The summed E-state index contributed by atoms with van der Waals surface area (Å²) in [4.78, 5) is 10.2. The molecule has 0 spiro atoms. The molecule has 2 atom stereocenters. The van der Waals surface area contributed by atoms with E-state index < -0.39 is 0 Å². The number of rotatable bonds is 3. The molecule has 0 saturated carbocycles. The third kappa shape index (κ3) is 2.71. The monoisotopic (exact) mass is 381 g/mol. The molecule has 0 N–H and O–H groups in total. The average Bonchev–Trinajstić information content (AvgIpc) is 2.66. The Balaban J connectivity index is 1.42. The first-order valence-corrected chi connectivity index (χ1v) is 10.6. The molecule has 4 aliphatic heterocycles. The maximum Gasteiger partial charge on any atom is 0.120 e. The molecule has 4 heterocycles. The second-order valence-electron chi connectivity index (χ2n) is 8.14. The van der Waals surface area contributed by atoms with Crippen LogP contribution >= 0.6 is 11.8 Å². The van der Waals surface area contributed by atoms with Crippen LogP contribution in [0.15, 0.2) is 46.2 Å². The lowest BCUT2D eigenvalue weighted by molar-refractivity contribution is -0.0271. The molecule has 142 valence electrons. The second-order valence-corrected chi connectivity index (χ2v) is 9.22. The van der Waals surface area contributed by atoms with Crippen LogP contribution in [0, 0.1) is 0 Å². The van der Waals surface area contributed by atoms with Crippen molar-refractivity contribution in [2.24, 2.45) is 0 Å². The van der Waals surface area contributed by atoms with Crippen molar-refractivity contribution in [1.82, 2.24) is 4.90 Å². The molecule has 3 fully saturated rings. The third-order valence-corrected chi connectivity index (χ3v) is 7.36. The normalized spacial score (nSPS) is 23.7. The highest BCUT2D eigenvalue weighted by atomic mass is 32.2. The highest BCUT2D eigenvalue weighted by Crippen LogP contribution is 2.49. The van der Waals surface area contributed by atoms with E-state index in [0.29, 0.717) is 6.04 Å². The van der Waals surface area contributed by atoms with E-state index in [2.05, 4.69) is 65.9 Å². The van der Waals surface area contributed by atoms with Crippen LogP contribution < -0.4 is 14.5 Å². The predicted octanol–water partition coefficient (Wildman–Crippen LogP) is 4.60. The van der Waals surface area contributed by atoms with Gasteiger partial charge in [0.1, 0.15) is 5.75 Å². The van der Waals surface area contributed by atoms with E-state index in [0.717, 1.165) is 30.9 Å². The lowest BCUT2D eigenvalue weighted by Crippen LogP contribution is -2.70. The summed E-state index contributed by atoms with van der Waals surface area (Å²) in [6.07, 6.45) is 1.37. The zero-order chi connectivity index (χ0) is 18.7. The van der Waals surface area contributed by atoms with Gasteiger partial charge in [-0.1, -0.05) is 11.8 Å². The summed E-state index contributed by atoms with van der Waals surface area (Å²) in [7, 11) is 3.88. The van der Waals surface area contributed by atoms with Crippen molar-refractivity contribution >= 4 is 28.8 Å². The van der Waals surface area contributed by atoms with Gasteiger partial charge in [0, 0.05) is 53.7 Å². The Labute approximate surface area is 166 Å². The van der Waals surface area contributed by atoms with Crippen molar-refractivity contribution in [2.75, 3.05) is 37.0 Å². The van der Waals surface area contributed by atoms with Crippen LogP contribution in [0.4, 0.5) is 17.1 Å². The van der Waals surface area contributed by atoms with Gasteiger partial charge in [-0.2, -0.15) is 0 Å². The van der Waals surface area contributed by atoms with Crippen LogP contribution in [-0.4, -0.2) is 50.3 Å². The quantitative estimate of drug-likeness (QED) is 0.771. The fourth-order valence-corrected chi connectivity index (χ4v) is 6.19. The number of hydrogen-bond donors (Lipinski definition) is 0. The van der Waals surface area contributed by atoms with E-state index in [4.69, 9.17) is 4.74 Å². The van der Waals surface area contributed by atoms with E-state index in [9.17, 15) is 0 Å². The molecule has 4 aliphatic rings. The van der Waals surface area contributed by atoms with Crippen molar-refractivity contribution in [3.63, 3.8) is 0 Å². The number of anilines is 3. The van der Waals surface area contributed by atoms with Gasteiger partial charge in [0.15, 0.2) is 0 Å². The Hall–Kier alpha value is -1.85. The largest absolute Gasteiger partial charge is 0.497 e. The molecule has 27 heavy (non-hydrogen) atoms. The summed E-state index contributed by atoms with van der Waals surface area (Å²) in [5.41, 5.74) is 3.89. The van der Waals surface area contributed by atoms with Crippen molar-refractivity contribution in [1.29, 1.82) is 0 Å².